The average Bonchev–Trinajstić information content (AvgIpc) is 2.15. The van der Waals surface area contributed by atoms with Crippen LogP contribution in [0.25, 0.3) is 0 Å². The molecule has 1 aromatic carbocycles. The van der Waals surface area contributed by atoms with Gasteiger partial charge in [-0.15, -0.1) is 0 Å². The van der Waals surface area contributed by atoms with Gasteiger partial charge in [0, 0.05) is 6.54 Å². The van der Waals surface area contributed by atoms with Crippen molar-refractivity contribution in [3.8, 4) is 5.75 Å². The smallest absolute Gasteiger partial charge is 0.140 e. The Morgan fingerprint density at radius 3 is 2.86 bits per heavy atom. The molecule has 2 aliphatic rings. The summed E-state index contributed by atoms with van der Waals surface area (Å²) in [5.41, 5.74) is 2.15. The van der Waals surface area contributed by atoms with Crippen LogP contribution in [-0.4, -0.2) is 17.2 Å². The number of hydrogen-bond donors (Lipinski definition) is 3. The molecule has 1 saturated carbocycles. The first-order chi connectivity index (χ1) is 6.79. The predicted molar refractivity (Wildman–Crippen MR) is 56.8 cm³/mol. The molecule has 3 rings (SSSR count). The summed E-state index contributed by atoms with van der Waals surface area (Å²) in [7, 11) is 0. The Balaban J connectivity index is 1.98. The third kappa shape index (κ3) is 0.983. The molecule has 0 aromatic heterocycles. The standard InChI is InChI=1S/C11H14N2O/c14-9-4-1-3-8-10(9)12-7-11(13-8)5-2-6-11/h1,3-4,12-14H,2,5-7H2. The van der Waals surface area contributed by atoms with Gasteiger partial charge in [-0.25, -0.2) is 0 Å². The number of para-hydroxylation sites is 1. The van der Waals surface area contributed by atoms with Crippen molar-refractivity contribution < 1.29 is 5.11 Å². The fraction of sp³-hybridized carbons (Fsp3) is 0.455. The number of aromatic hydroxyl groups is 1. The highest BCUT2D eigenvalue weighted by molar-refractivity contribution is 5.78. The van der Waals surface area contributed by atoms with Crippen LogP contribution in [-0.2, 0) is 0 Å². The van der Waals surface area contributed by atoms with Crippen LogP contribution in [0.4, 0.5) is 11.4 Å². The van der Waals surface area contributed by atoms with E-state index in [-0.39, 0.29) is 5.54 Å². The fourth-order valence-electron chi connectivity index (χ4n) is 2.32. The van der Waals surface area contributed by atoms with E-state index < -0.39 is 0 Å². The molecule has 14 heavy (non-hydrogen) atoms. The Morgan fingerprint density at radius 2 is 2.14 bits per heavy atom. The second-order valence-electron chi connectivity index (χ2n) is 4.31. The topological polar surface area (TPSA) is 44.3 Å². The molecule has 1 fully saturated rings. The van der Waals surface area contributed by atoms with Gasteiger partial charge in [-0.1, -0.05) is 6.07 Å². The van der Waals surface area contributed by atoms with Crippen LogP contribution in [0.3, 0.4) is 0 Å². The molecule has 0 unspecified atom stereocenters. The molecular formula is C11H14N2O. The Labute approximate surface area is 83.1 Å². The van der Waals surface area contributed by atoms with E-state index in [1.807, 2.05) is 12.1 Å². The van der Waals surface area contributed by atoms with Crippen LogP contribution in [0, 0.1) is 0 Å². The van der Waals surface area contributed by atoms with Crippen LogP contribution in [0.1, 0.15) is 19.3 Å². The maximum Gasteiger partial charge on any atom is 0.140 e. The molecule has 1 aliphatic carbocycles. The Morgan fingerprint density at radius 1 is 1.29 bits per heavy atom. The molecule has 1 aliphatic heterocycles. The molecule has 74 valence electrons. The average molecular weight is 190 g/mol. The van der Waals surface area contributed by atoms with Gasteiger partial charge in [0.15, 0.2) is 0 Å². The van der Waals surface area contributed by atoms with Crippen molar-refractivity contribution in [3.05, 3.63) is 18.2 Å². The molecule has 1 aromatic rings. The van der Waals surface area contributed by atoms with Crippen molar-refractivity contribution in [2.45, 2.75) is 24.8 Å². The summed E-state index contributed by atoms with van der Waals surface area (Å²) in [6.07, 6.45) is 3.77. The van der Waals surface area contributed by atoms with Crippen LogP contribution >= 0.6 is 0 Å². The second-order valence-corrected chi connectivity index (χ2v) is 4.31. The van der Waals surface area contributed by atoms with E-state index in [2.05, 4.69) is 10.6 Å². The highest BCUT2D eigenvalue weighted by atomic mass is 16.3. The van der Waals surface area contributed by atoms with Crippen LogP contribution in [0.15, 0.2) is 18.2 Å². The zero-order chi connectivity index (χ0) is 9.60. The van der Waals surface area contributed by atoms with E-state index in [0.717, 1.165) is 17.9 Å². The molecule has 0 atom stereocenters. The molecule has 3 nitrogen and oxygen atoms in total. The summed E-state index contributed by atoms with van der Waals surface area (Å²) in [5, 5.41) is 16.5. The van der Waals surface area contributed by atoms with Crippen molar-refractivity contribution in [1.82, 2.24) is 0 Å². The number of nitrogens with one attached hydrogen (secondary N) is 2. The van der Waals surface area contributed by atoms with E-state index >= 15 is 0 Å². The van der Waals surface area contributed by atoms with Crippen molar-refractivity contribution in [2.75, 3.05) is 17.2 Å². The first-order valence-electron chi connectivity index (χ1n) is 5.13. The van der Waals surface area contributed by atoms with Crippen molar-refractivity contribution in [2.24, 2.45) is 0 Å². The lowest BCUT2D eigenvalue weighted by atomic mass is 9.75. The number of fused-ring (bicyclic) bond motifs is 1. The number of phenolic OH excluding ortho intramolecular Hbond substituents is 1. The minimum Gasteiger partial charge on any atom is -0.506 e. The van der Waals surface area contributed by atoms with E-state index in [0.29, 0.717) is 5.75 Å². The summed E-state index contributed by atoms with van der Waals surface area (Å²) in [4.78, 5) is 0. The lowest BCUT2D eigenvalue weighted by Crippen LogP contribution is -2.52. The lowest BCUT2D eigenvalue weighted by molar-refractivity contribution is 0.290. The van der Waals surface area contributed by atoms with Gasteiger partial charge in [0.05, 0.1) is 11.2 Å². The first kappa shape index (κ1) is 7.97. The monoisotopic (exact) mass is 190 g/mol. The minimum absolute atomic E-state index is 0.265. The number of phenols is 1. The SMILES string of the molecule is Oc1cccc2c1NCC1(CCC1)N2. The summed E-state index contributed by atoms with van der Waals surface area (Å²) >= 11 is 0. The van der Waals surface area contributed by atoms with E-state index in [1.54, 1.807) is 6.07 Å². The van der Waals surface area contributed by atoms with Crippen LogP contribution in [0.5, 0.6) is 5.75 Å². The van der Waals surface area contributed by atoms with Gasteiger partial charge in [0.25, 0.3) is 0 Å². The fourth-order valence-corrected chi connectivity index (χ4v) is 2.32. The number of anilines is 2. The Kier molecular flexibility index (Phi) is 1.46. The quantitative estimate of drug-likeness (QED) is 0.549. The summed E-state index contributed by atoms with van der Waals surface area (Å²) in [6.45, 7) is 0.928. The largest absolute Gasteiger partial charge is 0.506 e. The third-order valence-corrected chi connectivity index (χ3v) is 3.36. The zero-order valence-corrected chi connectivity index (χ0v) is 8.01. The Hall–Kier alpha value is -1.38. The maximum absolute atomic E-state index is 9.61. The first-order valence-corrected chi connectivity index (χ1v) is 5.13. The molecule has 0 bridgehead atoms. The lowest BCUT2D eigenvalue weighted by Gasteiger charge is -2.47. The van der Waals surface area contributed by atoms with Gasteiger partial charge in [0.2, 0.25) is 0 Å². The molecule has 3 heteroatoms. The second kappa shape index (κ2) is 2.56. The van der Waals surface area contributed by atoms with Crippen molar-refractivity contribution in [3.63, 3.8) is 0 Å². The zero-order valence-electron chi connectivity index (χ0n) is 8.01. The highest BCUT2D eigenvalue weighted by Gasteiger charge is 2.39. The van der Waals surface area contributed by atoms with Crippen LogP contribution in [0.2, 0.25) is 0 Å². The summed E-state index contributed by atoms with van der Waals surface area (Å²) < 4.78 is 0. The number of hydrogen-bond acceptors (Lipinski definition) is 3. The van der Waals surface area contributed by atoms with Gasteiger partial charge >= 0.3 is 0 Å². The van der Waals surface area contributed by atoms with E-state index in [1.165, 1.54) is 19.3 Å². The predicted octanol–water partition coefficient (Wildman–Crippen LogP) is 2.15. The Bertz CT molecular complexity index is 372. The van der Waals surface area contributed by atoms with Crippen LogP contribution < -0.4 is 10.6 Å². The minimum atomic E-state index is 0.265. The highest BCUT2D eigenvalue weighted by Crippen LogP contribution is 2.43. The van der Waals surface area contributed by atoms with Gasteiger partial charge in [-0.2, -0.15) is 0 Å². The molecule has 1 heterocycles. The number of benzene rings is 1. The van der Waals surface area contributed by atoms with Gasteiger partial charge < -0.3 is 15.7 Å². The summed E-state index contributed by atoms with van der Waals surface area (Å²) in [5.74, 6) is 0.337. The summed E-state index contributed by atoms with van der Waals surface area (Å²) in [6, 6.07) is 5.61. The molecular weight excluding hydrogens is 176 g/mol. The maximum atomic E-state index is 9.61. The molecule has 3 N–H and O–H groups in total. The molecule has 1 spiro atoms. The molecule has 0 radical (unpaired) electrons. The molecule has 0 saturated heterocycles. The van der Waals surface area contributed by atoms with E-state index in [4.69, 9.17) is 0 Å². The van der Waals surface area contributed by atoms with Gasteiger partial charge in [-0.3, -0.25) is 0 Å². The van der Waals surface area contributed by atoms with Gasteiger partial charge in [-0.05, 0) is 31.4 Å². The number of rotatable bonds is 0. The van der Waals surface area contributed by atoms with Crippen molar-refractivity contribution in [1.29, 1.82) is 0 Å². The third-order valence-electron chi connectivity index (χ3n) is 3.36. The molecule has 0 amide bonds. The van der Waals surface area contributed by atoms with E-state index in [9.17, 15) is 5.11 Å². The van der Waals surface area contributed by atoms with Gasteiger partial charge in [0.1, 0.15) is 11.4 Å². The van der Waals surface area contributed by atoms with Crippen molar-refractivity contribution >= 4 is 11.4 Å². The normalized spacial score (nSPS) is 21.7.